The first-order chi connectivity index (χ1) is 12.2. The van der Waals surface area contributed by atoms with Gasteiger partial charge in [0.2, 0.25) is 0 Å². The third kappa shape index (κ3) is 137. The zero-order valence-electron chi connectivity index (χ0n) is 14.1. The molecule has 0 aliphatic rings. The molecule has 0 amide bonds. The van der Waals surface area contributed by atoms with Gasteiger partial charge in [0.25, 0.3) is 0 Å². The van der Waals surface area contributed by atoms with Gasteiger partial charge in [-0.1, -0.05) is 0 Å². The maximum Gasteiger partial charge on any atom is 0.394 e. The lowest BCUT2D eigenvalue weighted by Crippen LogP contribution is -2.49. The van der Waals surface area contributed by atoms with Gasteiger partial charge >= 0.3 is 41.6 Å². The Morgan fingerprint density at radius 2 is 0.483 bits per heavy atom. The predicted octanol–water partition coefficient (Wildman–Crippen LogP) is -4.80. The highest BCUT2D eigenvalue weighted by Crippen LogP contribution is 2.06. The van der Waals surface area contributed by atoms with Crippen molar-refractivity contribution >= 4 is 41.6 Å². The van der Waals surface area contributed by atoms with E-state index in [2.05, 4.69) is 0 Å². The zero-order chi connectivity index (χ0) is 25.3. The van der Waals surface area contributed by atoms with E-state index < -0.39 is 41.6 Å². The van der Waals surface area contributed by atoms with Gasteiger partial charge in [-0.05, 0) is 0 Å². The average molecular weight is 525 g/mol. The van der Waals surface area contributed by atoms with Gasteiger partial charge in [0.1, 0.15) is 0 Å². The van der Waals surface area contributed by atoms with E-state index in [0.717, 1.165) is 0 Å². The maximum atomic E-state index is 8.74. The summed E-state index contributed by atoms with van der Waals surface area (Å²) in [4.78, 5) is 0. The molecule has 16 N–H and O–H groups in total. The van der Waals surface area contributed by atoms with Crippen molar-refractivity contribution in [3.8, 4) is 0 Å². The van der Waals surface area contributed by atoms with Crippen molar-refractivity contribution < 1.29 is 70.1 Å². The third-order valence-electron chi connectivity index (χ3n) is 1.73. The van der Waals surface area contributed by atoms with Crippen molar-refractivity contribution in [1.82, 2.24) is 0 Å². The summed E-state index contributed by atoms with van der Waals surface area (Å²) in [6.07, 6.45) is 0. The summed E-state index contributed by atoms with van der Waals surface area (Å²) < 4.78 is 126. The number of nitrogens with two attached hydrogens (primary N) is 4. The van der Waals surface area contributed by atoms with Gasteiger partial charge in [0.15, 0.2) is 0 Å². The van der Waals surface area contributed by atoms with Crippen LogP contribution in [0.2, 0.25) is 0 Å². The fraction of sp³-hybridized carbons (Fsp3) is 1.00. The Kier molecular flexibility index (Phi) is 22.8. The standard InChI is InChI=1S/C5H16N4.4H2O4S/c6-1-5(2-7,3-8)4-9;4*1-5(2,3)4/h1-4,6-9H2;4*(H2,1,2,3,4). The average Bonchev–Trinajstić information content (AvgIpc) is 2.34. The van der Waals surface area contributed by atoms with Crippen LogP contribution in [0.1, 0.15) is 0 Å². The monoisotopic (exact) mass is 524 g/mol. The van der Waals surface area contributed by atoms with Crippen molar-refractivity contribution in [2.75, 3.05) is 26.2 Å². The highest BCUT2D eigenvalue weighted by Gasteiger charge is 2.22. The maximum absolute atomic E-state index is 8.74. The Bertz CT molecular complexity index is 628. The van der Waals surface area contributed by atoms with E-state index in [4.69, 9.17) is 93.0 Å². The minimum Gasteiger partial charge on any atom is -0.330 e. The van der Waals surface area contributed by atoms with Gasteiger partial charge < -0.3 is 22.9 Å². The number of rotatable bonds is 4. The largest absolute Gasteiger partial charge is 0.394 e. The zero-order valence-corrected chi connectivity index (χ0v) is 17.4. The Labute approximate surface area is 166 Å². The van der Waals surface area contributed by atoms with Crippen LogP contribution in [0.4, 0.5) is 0 Å². The van der Waals surface area contributed by atoms with Crippen LogP contribution < -0.4 is 22.9 Å². The van der Waals surface area contributed by atoms with Crippen molar-refractivity contribution in [2.45, 2.75) is 0 Å². The van der Waals surface area contributed by atoms with Gasteiger partial charge in [-0.15, -0.1) is 0 Å². The fourth-order valence-electron chi connectivity index (χ4n) is 0.500. The Hall–Kier alpha value is -0.680. The second-order valence-electron chi connectivity index (χ2n) is 4.11. The summed E-state index contributed by atoms with van der Waals surface area (Å²) >= 11 is 0. The molecule has 0 aromatic rings. The Balaban J connectivity index is -0.0000000853. The molecule has 0 rings (SSSR count). The van der Waals surface area contributed by atoms with Gasteiger partial charge in [-0.3, -0.25) is 36.4 Å². The van der Waals surface area contributed by atoms with Crippen molar-refractivity contribution in [3.05, 3.63) is 0 Å². The molecule has 0 fully saturated rings. The lowest BCUT2D eigenvalue weighted by Gasteiger charge is -2.26. The van der Waals surface area contributed by atoms with E-state index in [1.165, 1.54) is 0 Å². The molecule has 0 heterocycles. The summed E-state index contributed by atoms with van der Waals surface area (Å²) in [5.74, 6) is 0. The van der Waals surface area contributed by atoms with Crippen LogP contribution >= 0.6 is 0 Å². The van der Waals surface area contributed by atoms with Crippen LogP contribution in [0.25, 0.3) is 0 Å². The molecule has 0 aliphatic carbocycles. The molecule has 0 saturated carbocycles. The van der Waals surface area contributed by atoms with Crippen LogP contribution in [0.5, 0.6) is 0 Å². The molecule has 24 heteroatoms. The van der Waals surface area contributed by atoms with E-state index in [1.54, 1.807) is 0 Å². The van der Waals surface area contributed by atoms with Gasteiger partial charge in [-0.2, -0.15) is 33.7 Å². The highest BCUT2D eigenvalue weighted by molar-refractivity contribution is 7.80. The topological polar surface area (TPSA) is 402 Å². The van der Waals surface area contributed by atoms with E-state index >= 15 is 0 Å². The summed E-state index contributed by atoms with van der Waals surface area (Å²) in [5, 5.41) is 0. The van der Waals surface area contributed by atoms with Crippen molar-refractivity contribution in [1.29, 1.82) is 0 Å². The highest BCUT2D eigenvalue weighted by atomic mass is 32.3. The molecule has 0 unspecified atom stereocenters. The number of hydrogen-bond acceptors (Lipinski definition) is 12. The van der Waals surface area contributed by atoms with Gasteiger partial charge in [-0.25, -0.2) is 0 Å². The minimum absolute atomic E-state index is 0.222. The molecule has 0 spiro atoms. The molecule has 0 radical (unpaired) electrons. The van der Waals surface area contributed by atoms with Crippen LogP contribution in [0, 0.1) is 5.41 Å². The van der Waals surface area contributed by atoms with Crippen LogP contribution in [0.15, 0.2) is 0 Å². The summed E-state index contributed by atoms with van der Waals surface area (Å²) in [6.45, 7) is 1.88. The first kappa shape index (κ1) is 38.9. The molecule has 0 aromatic carbocycles. The second kappa shape index (κ2) is 17.0. The quantitative estimate of drug-likeness (QED) is 0.153. The summed E-state index contributed by atoms with van der Waals surface area (Å²) in [7, 11) is -18.7. The Morgan fingerprint density at radius 1 is 0.414 bits per heavy atom. The van der Waals surface area contributed by atoms with Crippen LogP contribution in [-0.2, 0) is 41.6 Å². The molecule has 0 saturated heterocycles. The van der Waals surface area contributed by atoms with Crippen LogP contribution in [-0.4, -0.2) is 96.3 Å². The smallest absolute Gasteiger partial charge is 0.330 e. The van der Waals surface area contributed by atoms with Gasteiger partial charge in [0, 0.05) is 31.6 Å². The molecule has 0 atom stereocenters. The van der Waals surface area contributed by atoms with E-state index in [9.17, 15) is 0 Å². The van der Waals surface area contributed by atoms with Gasteiger partial charge in [0.05, 0.1) is 0 Å². The molecular formula is C5H24N4O16S4. The normalized spacial score (nSPS) is 11.7. The molecule has 20 nitrogen and oxygen atoms in total. The van der Waals surface area contributed by atoms with E-state index in [0.29, 0.717) is 26.2 Å². The lowest BCUT2D eigenvalue weighted by molar-refractivity contribution is 0.333. The van der Waals surface area contributed by atoms with Crippen molar-refractivity contribution in [2.24, 2.45) is 28.3 Å². The summed E-state index contributed by atoms with van der Waals surface area (Å²) in [5.41, 5.74) is 21.4. The lowest BCUT2D eigenvalue weighted by atomic mass is 9.89. The third-order valence-corrected chi connectivity index (χ3v) is 1.73. The summed E-state index contributed by atoms with van der Waals surface area (Å²) in [6, 6.07) is 0. The number of hydrogen-bond donors (Lipinski definition) is 12. The second-order valence-corrected chi connectivity index (χ2v) is 7.69. The molecule has 0 bridgehead atoms. The fourth-order valence-corrected chi connectivity index (χ4v) is 0.500. The first-order valence-electron chi connectivity index (χ1n) is 5.84. The SMILES string of the molecule is NCC(CN)(CN)CN.O=S(=O)(O)O.O=S(=O)(O)O.O=S(=O)(O)O.O=S(=O)(O)O. The Morgan fingerprint density at radius 3 is 0.483 bits per heavy atom. The molecule has 184 valence electrons. The van der Waals surface area contributed by atoms with Crippen LogP contribution in [0.3, 0.4) is 0 Å². The van der Waals surface area contributed by atoms with E-state index in [-0.39, 0.29) is 5.41 Å². The molecule has 29 heavy (non-hydrogen) atoms. The van der Waals surface area contributed by atoms with Crippen molar-refractivity contribution in [3.63, 3.8) is 0 Å². The van der Waals surface area contributed by atoms with E-state index in [1.807, 2.05) is 0 Å². The molecule has 0 aromatic heterocycles. The molecular weight excluding hydrogens is 500 g/mol. The minimum atomic E-state index is -4.67. The molecule has 0 aliphatic heterocycles. The first-order valence-corrected chi connectivity index (χ1v) is 11.4. The predicted molar refractivity (Wildman–Crippen MR) is 95.4 cm³/mol.